The van der Waals surface area contributed by atoms with Crippen molar-refractivity contribution >= 4 is 34.7 Å². The maximum Gasteiger partial charge on any atom is 0.337 e. The summed E-state index contributed by atoms with van der Waals surface area (Å²) in [6, 6.07) is 3.41. The van der Waals surface area contributed by atoms with Crippen molar-refractivity contribution in [2.75, 3.05) is 11.9 Å². The van der Waals surface area contributed by atoms with Crippen LogP contribution in [0.4, 0.5) is 5.82 Å². The summed E-state index contributed by atoms with van der Waals surface area (Å²) < 4.78 is 0. The first-order valence-corrected chi connectivity index (χ1v) is 6.51. The van der Waals surface area contributed by atoms with Gasteiger partial charge in [-0.3, -0.25) is 0 Å². The van der Waals surface area contributed by atoms with E-state index >= 15 is 0 Å². The minimum absolute atomic E-state index is 0.0684. The van der Waals surface area contributed by atoms with Gasteiger partial charge in [0.25, 0.3) is 0 Å². The number of halogens is 1. The lowest BCUT2D eigenvalue weighted by Gasteiger charge is -2.19. The number of anilines is 1. The van der Waals surface area contributed by atoms with Crippen LogP contribution in [0.1, 0.15) is 15.9 Å². The summed E-state index contributed by atoms with van der Waals surface area (Å²) >= 11 is 7.67. The molecule has 0 spiro atoms. The molecule has 94 valence electrons. The molecule has 0 aliphatic heterocycles. The van der Waals surface area contributed by atoms with Crippen LogP contribution in [0.25, 0.3) is 0 Å². The summed E-state index contributed by atoms with van der Waals surface area (Å²) in [5, 5.41) is 13.2. The van der Waals surface area contributed by atoms with E-state index in [1.165, 1.54) is 12.3 Å². The van der Waals surface area contributed by atoms with Gasteiger partial charge in [0.15, 0.2) is 0 Å². The summed E-state index contributed by atoms with van der Waals surface area (Å²) in [5.41, 5.74) is 1.21. The van der Waals surface area contributed by atoms with Crippen LogP contribution >= 0.6 is 22.9 Å². The van der Waals surface area contributed by atoms with Gasteiger partial charge in [0.05, 0.1) is 10.6 Å². The number of carboxylic acids is 1. The van der Waals surface area contributed by atoms with Crippen LogP contribution in [0.5, 0.6) is 0 Å². The number of aromatic carboxylic acids is 1. The standard InChI is InChI=1S/C12H11ClN2O2S/c1-15(6-8-3-5-18-7-8)11-10(13)9(12(16)17)2-4-14-11/h2-5,7H,6H2,1H3,(H,16,17). The van der Waals surface area contributed by atoms with Crippen LogP contribution in [-0.4, -0.2) is 23.1 Å². The van der Waals surface area contributed by atoms with Gasteiger partial charge in [0.1, 0.15) is 5.82 Å². The second-order valence-corrected chi connectivity index (χ2v) is 4.95. The predicted octanol–water partition coefficient (Wildman–Crippen LogP) is 3.13. The number of thiophene rings is 1. The zero-order chi connectivity index (χ0) is 13.1. The molecule has 0 unspecified atom stereocenters. The molecule has 0 aliphatic rings. The molecular formula is C12H11ClN2O2S. The minimum Gasteiger partial charge on any atom is -0.478 e. The van der Waals surface area contributed by atoms with Gasteiger partial charge in [0, 0.05) is 19.8 Å². The zero-order valence-corrected chi connectivity index (χ0v) is 11.2. The van der Waals surface area contributed by atoms with E-state index in [9.17, 15) is 4.79 Å². The maximum absolute atomic E-state index is 11.0. The number of nitrogens with zero attached hydrogens (tertiary/aromatic N) is 2. The van der Waals surface area contributed by atoms with E-state index in [0.717, 1.165) is 5.56 Å². The Morgan fingerprint density at radius 1 is 1.56 bits per heavy atom. The predicted molar refractivity (Wildman–Crippen MR) is 72.6 cm³/mol. The molecule has 0 amide bonds. The average molecular weight is 283 g/mol. The zero-order valence-electron chi connectivity index (χ0n) is 9.63. The van der Waals surface area contributed by atoms with Gasteiger partial charge < -0.3 is 10.0 Å². The number of aromatic nitrogens is 1. The van der Waals surface area contributed by atoms with Crippen molar-refractivity contribution in [3.05, 3.63) is 45.2 Å². The van der Waals surface area contributed by atoms with E-state index in [4.69, 9.17) is 16.7 Å². The van der Waals surface area contributed by atoms with Gasteiger partial charge in [-0.15, -0.1) is 0 Å². The lowest BCUT2D eigenvalue weighted by molar-refractivity contribution is 0.0697. The number of carboxylic acid groups (broad SMARTS) is 1. The van der Waals surface area contributed by atoms with Crippen LogP contribution in [0.15, 0.2) is 29.1 Å². The average Bonchev–Trinajstić information content (AvgIpc) is 2.81. The molecule has 2 heterocycles. The smallest absolute Gasteiger partial charge is 0.337 e. The molecular weight excluding hydrogens is 272 g/mol. The summed E-state index contributed by atoms with van der Waals surface area (Å²) in [6.45, 7) is 0.638. The Kier molecular flexibility index (Phi) is 3.84. The van der Waals surface area contributed by atoms with Crippen LogP contribution < -0.4 is 4.90 Å². The highest BCUT2D eigenvalue weighted by Crippen LogP contribution is 2.27. The van der Waals surface area contributed by atoms with E-state index < -0.39 is 5.97 Å². The van der Waals surface area contributed by atoms with Gasteiger partial charge in [-0.05, 0) is 28.5 Å². The Balaban J connectivity index is 2.27. The Hall–Kier alpha value is -1.59. The molecule has 18 heavy (non-hydrogen) atoms. The van der Waals surface area contributed by atoms with Crippen molar-refractivity contribution in [3.8, 4) is 0 Å². The summed E-state index contributed by atoms with van der Waals surface area (Å²) in [7, 11) is 1.83. The van der Waals surface area contributed by atoms with E-state index in [0.29, 0.717) is 12.4 Å². The lowest BCUT2D eigenvalue weighted by Crippen LogP contribution is -2.18. The normalized spacial score (nSPS) is 10.3. The lowest BCUT2D eigenvalue weighted by atomic mass is 10.2. The number of pyridine rings is 1. The molecule has 1 N–H and O–H groups in total. The number of hydrogen-bond donors (Lipinski definition) is 1. The largest absolute Gasteiger partial charge is 0.478 e. The second kappa shape index (κ2) is 5.37. The van der Waals surface area contributed by atoms with Crippen LogP contribution in [0.3, 0.4) is 0 Å². The number of carbonyl (C=O) groups is 1. The second-order valence-electron chi connectivity index (χ2n) is 3.79. The highest BCUT2D eigenvalue weighted by molar-refractivity contribution is 7.07. The highest BCUT2D eigenvalue weighted by Gasteiger charge is 2.16. The molecule has 0 aliphatic carbocycles. The van der Waals surface area contributed by atoms with Gasteiger partial charge in [-0.1, -0.05) is 11.6 Å². The molecule has 4 nitrogen and oxygen atoms in total. The third-order valence-electron chi connectivity index (χ3n) is 2.46. The molecule has 0 bridgehead atoms. The monoisotopic (exact) mass is 282 g/mol. The van der Waals surface area contributed by atoms with Crippen molar-refractivity contribution in [2.24, 2.45) is 0 Å². The Bertz CT molecular complexity index is 557. The van der Waals surface area contributed by atoms with Crippen molar-refractivity contribution < 1.29 is 9.90 Å². The molecule has 2 rings (SSSR count). The van der Waals surface area contributed by atoms with Crippen LogP contribution in [0.2, 0.25) is 5.02 Å². The molecule has 0 atom stereocenters. The molecule has 0 saturated carbocycles. The van der Waals surface area contributed by atoms with E-state index in [2.05, 4.69) is 4.98 Å². The highest BCUT2D eigenvalue weighted by atomic mass is 35.5. The Morgan fingerprint density at radius 2 is 2.33 bits per heavy atom. The molecule has 0 radical (unpaired) electrons. The molecule has 6 heteroatoms. The SMILES string of the molecule is CN(Cc1ccsc1)c1nccc(C(=O)O)c1Cl. The van der Waals surface area contributed by atoms with E-state index in [1.807, 2.05) is 28.8 Å². The van der Waals surface area contributed by atoms with Gasteiger partial charge >= 0.3 is 5.97 Å². The van der Waals surface area contributed by atoms with Crippen LogP contribution in [0, 0.1) is 0 Å². The van der Waals surface area contributed by atoms with Gasteiger partial charge in [-0.2, -0.15) is 11.3 Å². The fraction of sp³-hybridized carbons (Fsp3) is 0.167. The fourth-order valence-corrected chi connectivity index (χ4v) is 2.59. The summed E-state index contributed by atoms with van der Waals surface area (Å²) in [4.78, 5) is 17.0. The fourth-order valence-electron chi connectivity index (χ4n) is 1.60. The van der Waals surface area contributed by atoms with Crippen molar-refractivity contribution in [1.29, 1.82) is 0 Å². The Labute approximate surface area is 113 Å². The first-order chi connectivity index (χ1) is 8.59. The number of hydrogen-bond acceptors (Lipinski definition) is 4. The molecule has 0 fully saturated rings. The van der Waals surface area contributed by atoms with Gasteiger partial charge in [0.2, 0.25) is 0 Å². The third-order valence-corrected chi connectivity index (χ3v) is 3.57. The van der Waals surface area contributed by atoms with Crippen molar-refractivity contribution in [2.45, 2.75) is 6.54 Å². The quantitative estimate of drug-likeness (QED) is 0.936. The van der Waals surface area contributed by atoms with Crippen molar-refractivity contribution in [3.63, 3.8) is 0 Å². The molecule has 0 aromatic carbocycles. The summed E-state index contributed by atoms with van der Waals surface area (Å²) in [5.74, 6) is -0.574. The van der Waals surface area contributed by atoms with Gasteiger partial charge in [-0.25, -0.2) is 9.78 Å². The Morgan fingerprint density at radius 3 is 2.94 bits per heavy atom. The topological polar surface area (TPSA) is 53.4 Å². The molecule has 0 saturated heterocycles. The van der Waals surface area contributed by atoms with E-state index in [-0.39, 0.29) is 10.6 Å². The molecule has 2 aromatic rings. The number of rotatable bonds is 4. The maximum atomic E-state index is 11.0. The van der Waals surface area contributed by atoms with Crippen molar-refractivity contribution in [1.82, 2.24) is 4.98 Å². The third kappa shape index (κ3) is 2.63. The minimum atomic E-state index is -1.05. The first-order valence-electron chi connectivity index (χ1n) is 5.19. The van der Waals surface area contributed by atoms with Crippen LogP contribution in [-0.2, 0) is 6.54 Å². The first kappa shape index (κ1) is 12.9. The molecule has 2 aromatic heterocycles. The van der Waals surface area contributed by atoms with E-state index in [1.54, 1.807) is 11.3 Å². The summed E-state index contributed by atoms with van der Waals surface area (Å²) in [6.07, 6.45) is 1.45.